The second-order valence-electron chi connectivity index (χ2n) is 10.0. The van der Waals surface area contributed by atoms with Crippen molar-refractivity contribution in [3.05, 3.63) is 0 Å². The molecule has 0 aromatic carbocycles. The number of carbonyl (C=O) groups excluding carboxylic acids is 6. The normalized spacial score (nSPS) is 20.3. The first-order valence-corrected chi connectivity index (χ1v) is 15.1. The zero-order valence-corrected chi connectivity index (χ0v) is 27.6. The SMILES string of the molecule is CCOC(=O)C(C)OCN1C(=O)N(COC(C)C(=O)OCC)C2C1N(COC(C)C(=O)OCC)C(=O)N2COC(C)C(=O)OCC. The standard InChI is InChI=1S/C28H46N4O14/c1-9-39-23(33)17(5)43-13-29-21-22(31(27(29)37)15-45-19(7)25(35)41-11-3)32(16-46-20(8)26(36)42-12-4)28(38)30(21)14-44-18(6)24(34)40-10-2/h17-22H,9-16H2,1-8H3. The van der Waals surface area contributed by atoms with E-state index in [1.807, 2.05) is 0 Å². The van der Waals surface area contributed by atoms with Crippen LogP contribution in [0, 0.1) is 0 Å². The van der Waals surface area contributed by atoms with Gasteiger partial charge in [-0.2, -0.15) is 0 Å². The summed E-state index contributed by atoms with van der Waals surface area (Å²) in [4.78, 5) is 81.2. The van der Waals surface area contributed by atoms with Crippen LogP contribution in [0.3, 0.4) is 0 Å². The minimum absolute atomic E-state index is 0.112. The van der Waals surface area contributed by atoms with Gasteiger partial charge in [-0.3, -0.25) is 19.6 Å². The molecule has 2 saturated heterocycles. The number of carbonyl (C=O) groups is 6. The molecule has 0 aromatic rings. The van der Waals surface area contributed by atoms with Gasteiger partial charge in [0, 0.05) is 0 Å². The Labute approximate surface area is 267 Å². The van der Waals surface area contributed by atoms with Crippen LogP contribution in [0.2, 0.25) is 0 Å². The van der Waals surface area contributed by atoms with Crippen molar-refractivity contribution in [3.8, 4) is 0 Å². The van der Waals surface area contributed by atoms with Gasteiger partial charge in [0.2, 0.25) is 0 Å². The summed E-state index contributed by atoms with van der Waals surface area (Å²) < 4.78 is 42.6. The van der Waals surface area contributed by atoms with Gasteiger partial charge in [0.05, 0.1) is 26.4 Å². The highest BCUT2D eigenvalue weighted by Gasteiger charge is 2.60. The van der Waals surface area contributed by atoms with Gasteiger partial charge < -0.3 is 37.9 Å². The molecule has 2 heterocycles. The maximum Gasteiger partial charge on any atom is 0.335 e. The van der Waals surface area contributed by atoms with E-state index in [9.17, 15) is 28.8 Å². The molecular formula is C28H46N4O14. The van der Waals surface area contributed by atoms with Crippen molar-refractivity contribution >= 4 is 35.9 Å². The van der Waals surface area contributed by atoms with E-state index < -0.39 is 99.6 Å². The second kappa shape index (κ2) is 18.4. The Hall–Kier alpha value is -3.74. The topological polar surface area (TPSA) is 189 Å². The van der Waals surface area contributed by atoms with E-state index in [1.165, 1.54) is 27.7 Å². The maximum absolute atomic E-state index is 13.9. The molecule has 46 heavy (non-hydrogen) atoms. The highest BCUT2D eigenvalue weighted by atomic mass is 16.6. The van der Waals surface area contributed by atoms with Crippen LogP contribution in [-0.4, -0.2) is 146 Å². The van der Waals surface area contributed by atoms with Crippen LogP contribution >= 0.6 is 0 Å². The minimum atomic E-state index is -1.13. The van der Waals surface area contributed by atoms with E-state index in [0.717, 1.165) is 19.6 Å². The van der Waals surface area contributed by atoms with E-state index in [-0.39, 0.29) is 26.4 Å². The van der Waals surface area contributed by atoms with Crippen molar-refractivity contribution in [2.75, 3.05) is 53.4 Å². The fourth-order valence-corrected chi connectivity index (χ4v) is 4.37. The average Bonchev–Trinajstić information content (AvgIpc) is 3.44. The summed E-state index contributed by atoms with van der Waals surface area (Å²) in [5, 5.41) is 0. The molecule has 4 atom stereocenters. The number of fused-ring (bicyclic) bond motifs is 1. The van der Waals surface area contributed by atoms with Crippen molar-refractivity contribution in [2.45, 2.75) is 92.1 Å². The zero-order valence-electron chi connectivity index (χ0n) is 27.6. The molecule has 0 aliphatic carbocycles. The third kappa shape index (κ3) is 9.63. The van der Waals surface area contributed by atoms with Gasteiger partial charge in [0.25, 0.3) is 0 Å². The van der Waals surface area contributed by atoms with Crippen LogP contribution < -0.4 is 0 Å². The number of rotatable bonds is 20. The molecule has 262 valence electrons. The summed E-state index contributed by atoms with van der Waals surface area (Å²) in [6, 6.07) is -1.39. The number of esters is 4. The molecule has 18 nitrogen and oxygen atoms in total. The quantitative estimate of drug-likeness (QED) is 0.132. The first-order valence-electron chi connectivity index (χ1n) is 15.1. The summed E-state index contributed by atoms with van der Waals surface area (Å²) >= 11 is 0. The van der Waals surface area contributed by atoms with E-state index in [4.69, 9.17) is 37.9 Å². The number of ether oxygens (including phenoxy) is 8. The Bertz CT molecular complexity index is 919. The molecule has 4 amide bonds. The molecule has 2 aliphatic rings. The molecule has 2 aliphatic heterocycles. The molecule has 18 heteroatoms. The molecule has 0 aromatic heterocycles. The van der Waals surface area contributed by atoms with E-state index >= 15 is 0 Å². The van der Waals surface area contributed by atoms with Crippen molar-refractivity contribution < 1.29 is 66.7 Å². The Kier molecular flexibility index (Phi) is 15.4. The third-order valence-corrected chi connectivity index (χ3v) is 6.86. The van der Waals surface area contributed by atoms with Gasteiger partial charge in [-0.1, -0.05) is 0 Å². The summed E-state index contributed by atoms with van der Waals surface area (Å²) in [7, 11) is 0. The number of hydrogen-bond donors (Lipinski definition) is 0. The lowest BCUT2D eigenvalue weighted by Gasteiger charge is -2.30. The highest BCUT2D eigenvalue weighted by molar-refractivity contribution is 5.85. The van der Waals surface area contributed by atoms with Crippen molar-refractivity contribution in [1.82, 2.24) is 19.6 Å². The lowest BCUT2D eigenvalue weighted by atomic mass is 10.3. The number of urea groups is 2. The molecule has 0 spiro atoms. The summed E-state index contributed by atoms with van der Waals surface area (Å²) in [6.07, 6.45) is -6.56. The molecule has 2 rings (SSSR count). The Morgan fingerprint density at radius 1 is 0.478 bits per heavy atom. The monoisotopic (exact) mass is 662 g/mol. The molecule has 0 radical (unpaired) electrons. The van der Waals surface area contributed by atoms with Gasteiger partial charge in [0.15, 0.2) is 36.7 Å². The van der Waals surface area contributed by atoms with Gasteiger partial charge in [-0.05, 0) is 55.4 Å². The maximum atomic E-state index is 13.9. The van der Waals surface area contributed by atoms with Gasteiger partial charge in [-0.25, -0.2) is 28.8 Å². The number of hydrogen-bond acceptors (Lipinski definition) is 14. The minimum Gasteiger partial charge on any atom is -0.464 e. The molecule has 0 saturated carbocycles. The molecular weight excluding hydrogens is 616 g/mol. The fourth-order valence-electron chi connectivity index (χ4n) is 4.37. The number of nitrogens with zero attached hydrogens (tertiary/aromatic N) is 4. The van der Waals surface area contributed by atoms with Crippen molar-refractivity contribution in [3.63, 3.8) is 0 Å². The smallest absolute Gasteiger partial charge is 0.335 e. The van der Waals surface area contributed by atoms with E-state index in [0.29, 0.717) is 0 Å². The first kappa shape index (κ1) is 38.4. The Balaban J connectivity index is 2.45. The van der Waals surface area contributed by atoms with Crippen LogP contribution in [-0.2, 0) is 57.1 Å². The van der Waals surface area contributed by atoms with Gasteiger partial charge >= 0.3 is 35.9 Å². The highest BCUT2D eigenvalue weighted by Crippen LogP contribution is 2.35. The predicted octanol–water partition coefficient (Wildman–Crippen LogP) is 0.817. The van der Waals surface area contributed by atoms with E-state index in [1.54, 1.807) is 27.7 Å². The number of amides is 4. The zero-order chi connectivity index (χ0) is 34.6. The summed E-state index contributed by atoms with van der Waals surface area (Å²) in [5.74, 6) is -2.66. The van der Waals surface area contributed by atoms with Crippen LogP contribution in [0.4, 0.5) is 9.59 Å². The Morgan fingerprint density at radius 2 is 0.674 bits per heavy atom. The molecule has 4 unspecified atom stereocenters. The lowest BCUT2D eigenvalue weighted by molar-refractivity contribution is -0.162. The van der Waals surface area contributed by atoms with Crippen LogP contribution in [0.5, 0.6) is 0 Å². The third-order valence-electron chi connectivity index (χ3n) is 6.86. The van der Waals surface area contributed by atoms with Crippen LogP contribution in [0.1, 0.15) is 55.4 Å². The molecule has 2 fully saturated rings. The van der Waals surface area contributed by atoms with Crippen LogP contribution in [0.25, 0.3) is 0 Å². The first-order chi connectivity index (χ1) is 21.8. The largest absolute Gasteiger partial charge is 0.464 e. The summed E-state index contributed by atoms with van der Waals surface area (Å²) in [5.41, 5.74) is 0. The lowest BCUT2D eigenvalue weighted by Crippen LogP contribution is -2.50. The predicted molar refractivity (Wildman–Crippen MR) is 154 cm³/mol. The summed E-state index contributed by atoms with van der Waals surface area (Å²) in [6.45, 7) is 10.8. The van der Waals surface area contributed by atoms with Gasteiger partial charge in [-0.15, -0.1) is 0 Å². The second-order valence-corrected chi connectivity index (χ2v) is 10.0. The molecule has 0 bridgehead atoms. The fraction of sp³-hybridized carbons (Fsp3) is 0.786. The Morgan fingerprint density at radius 3 is 0.848 bits per heavy atom. The average molecular weight is 663 g/mol. The van der Waals surface area contributed by atoms with Crippen LogP contribution in [0.15, 0.2) is 0 Å². The molecule has 0 N–H and O–H groups in total. The van der Waals surface area contributed by atoms with Gasteiger partial charge in [0.1, 0.15) is 26.9 Å². The van der Waals surface area contributed by atoms with E-state index in [2.05, 4.69) is 0 Å². The van der Waals surface area contributed by atoms with Crippen molar-refractivity contribution in [2.24, 2.45) is 0 Å². The van der Waals surface area contributed by atoms with Crippen molar-refractivity contribution in [1.29, 1.82) is 0 Å².